The molecule has 0 fully saturated rings. The summed E-state index contributed by atoms with van der Waals surface area (Å²) in [5.74, 6) is 0. The van der Waals surface area contributed by atoms with Crippen molar-refractivity contribution in [3.8, 4) is 22.3 Å². The molecule has 5 aromatic rings. The summed E-state index contributed by atoms with van der Waals surface area (Å²) in [5, 5.41) is 0. The van der Waals surface area contributed by atoms with Crippen LogP contribution in [0, 0.1) is 0 Å². The minimum atomic E-state index is 1.12. The second-order valence-corrected chi connectivity index (χ2v) is 8.95. The number of nitrogens with zero attached hydrogens (tertiary/aromatic N) is 1. The van der Waals surface area contributed by atoms with E-state index in [-0.39, 0.29) is 0 Å². The quantitative estimate of drug-likeness (QED) is 0.211. The predicted octanol–water partition coefficient (Wildman–Crippen LogP) is 10.5. The van der Waals surface area contributed by atoms with Gasteiger partial charge >= 0.3 is 0 Å². The molecule has 0 aromatic heterocycles. The van der Waals surface area contributed by atoms with Crippen LogP contribution in [0.2, 0.25) is 0 Å². The van der Waals surface area contributed by atoms with Crippen molar-refractivity contribution < 1.29 is 0 Å². The number of hydrogen-bond acceptors (Lipinski definition) is 1. The van der Waals surface area contributed by atoms with Crippen LogP contribution < -0.4 is 4.90 Å². The third-order valence-corrected chi connectivity index (χ3v) is 6.58. The Hall–Kier alpha value is -4.62. The average Bonchev–Trinajstić information content (AvgIpc) is 2.98. The summed E-state index contributed by atoms with van der Waals surface area (Å²) in [5.41, 5.74) is 10.7. The van der Waals surface area contributed by atoms with E-state index in [0.29, 0.717) is 0 Å². The fourth-order valence-corrected chi connectivity index (χ4v) is 4.66. The molecule has 37 heavy (non-hydrogen) atoms. The van der Waals surface area contributed by atoms with E-state index in [2.05, 4.69) is 170 Å². The van der Waals surface area contributed by atoms with Crippen molar-refractivity contribution in [1.29, 1.82) is 0 Å². The molecule has 0 unspecified atom stereocenters. The van der Waals surface area contributed by atoms with Crippen LogP contribution in [0.3, 0.4) is 0 Å². The van der Waals surface area contributed by atoms with Crippen molar-refractivity contribution >= 4 is 22.6 Å². The van der Waals surface area contributed by atoms with Crippen LogP contribution in [0.4, 0.5) is 17.1 Å². The minimum absolute atomic E-state index is 1.12. The molecule has 0 aliphatic rings. The molecule has 0 heterocycles. The summed E-state index contributed by atoms with van der Waals surface area (Å²) in [6.45, 7) is 4.13. The molecule has 1 nitrogen and oxygen atoms in total. The molecule has 0 bridgehead atoms. The second-order valence-electron chi connectivity index (χ2n) is 8.95. The van der Waals surface area contributed by atoms with Crippen LogP contribution in [-0.4, -0.2) is 0 Å². The molecule has 0 radical (unpaired) electrons. The Morgan fingerprint density at radius 2 is 0.838 bits per heavy atom. The highest BCUT2D eigenvalue weighted by Gasteiger charge is 2.13. The number of benzene rings is 5. The number of rotatable bonds is 7. The van der Waals surface area contributed by atoms with Crippen molar-refractivity contribution in [3.05, 3.63) is 157 Å². The van der Waals surface area contributed by atoms with Crippen LogP contribution in [0.15, 0.2) is 152 Å². The molecule has 5 aromatic carbocycles. The van der Waals surface area contributed by atoms with Gasteiger partial charge in [-0.3, -0.25) is 0 Å². The standard InChI is InChI=1S/C36H31N/c1-3-11-28(4-2)31-16-22-34(23-17-31)37(35-24-18-32(19-25-35)29-12-7-5-8-13-29)36-26-20-33(21-27-36)30-14-9-6-10-15-30/h3-27H,1-2H3/b11-3-,28-4+. The molecule has 0 aliphatic heterocycles. The first-order chi connectivity index (χ1) is 18.3. The Labute approximate surface area is 220 Å². The van der Waals surface area contributed by atoms with Gasteiger partial charge in [0.25, 0.3) is 0 Å². The molecule has 0 saturated carbocycles. The number of hydrogen-bond donors (Lipinski definition) is 0. The highest BCUT2D eigenvalue weighted by atomic mass is 15.1. The van der Waals surface area contributed by atoms with Gasteiger partial charge in [-0.15, -0.1) is 0 Å². The summed E-state index contributed by atoms with van der Waals surface area (Å²) in [6, 6.07) is 47.5. The molecule has 0 aliphatic carbocycles. The fraction of sp³-hybridized carbons (Fsp3) is 0.0556. The molecule has 5 rings (SSSR count). The molecule has 0 amide bonds. The van der Waals surface area contributed by atoms with E-state index in [9.17, 15) is 0 Å². The Kier molecular flexibility index (Phi) is 7.43. The molecular weight excluding hydrogens is 446 g/mol. The lowest BCUT2D eigenvalue weighted by atomic mass is 10.0. The van der Waals surface area contributed by atoms with Gasteiger partial charge in [0.15, 0.2) is 0 Å². The summed E-state index contributed by atoms with van der Waals surface area (Å²) in [6.07, 6.45) is 6.38. The van der Waals surface area contributed by atoms with Crippen molar-refractivity contribution in [2.24, 2.45) is 0 Å². The topological polar surface area (TPSA) is 3.24 Å². The lowest BCUT2D eigenvalue weighted by Crippen LogP contribution is -2.09. The maximum atomic E-state index is 2.32. The van der Waals surface area contributed by atoms with Crippen molar-refractivity contribution in [3.63, 3.8) is 0 Å². The van der Waals surface area contributed by atoms with Crippen LogP contribution in [0.25, 0.3) is 27.8 Å². The Balaban J connectivity index is 1.54. The summed E-state index contributed by atoms with van der Waals surface area (Å²) in [4.78, 5) is 2.32. The SMILES string of the molecule is C/C=C\C(=C/C)c1ccc(N(c2ccc(-c3ccccc3)cc2)c2ccc(-c3ccccc3)cc2)cc1. The molecule has 0 atom stereocenters. The molecule has 0 saturated heterocycles. The van der Waals surface area contributed by atoms with Crippen LogP contribution in [-0.2, 0) is 0 Å². The van der Waals surface area contributed by atoms with Crippen LogP contribution >= 0.6 is 0 Å². The van der Waals surface area contributed by atoms with Gasteiger partial charge in [-0.05, 0) is 83.6 Å². The first-order valence-electron chi connectivity index (χ1n) is 12.8. The largest absolute Gasteiger partial charge is 0.311 e. The zero-order chi connectivity index (χ0) is 25.5. The molecular formula is C36H31N. The van der Waals surface area contributed by atoms with E-state index < -0.39 is 0 Å². The zero-order valence-electron chi connectivity index (χ0n) is 21.4. The van der Waals surface area contributed by atoms with Gasteiger partial charge < -0.3 is 4.90 Å². The predicted molar refractivity (Wildman–Crippen MR) is 160 cm³/mol. The van der Waals surface area contributed by atoms with E-state index in [4.69, 9.17) is 0 Å². The van der Waals surface area contributed by atoms with E-state index >= 15 is 0 Å². The number of allylic oxidation sites excluding steroid dienone is 4. The first-order valence-corrected chi connectivity index (χ1v) is 12.8. The van der Waals surface area contributed by atoms with Gasteiger partial charge in [0.2, 0.25) is 0 Å². The van der Waals surface area contributed by atoms with Gasteiger partial charge in [0, 0.05) is 17.1 Å². The van der Waals surface area contributed by atoms with Gasteiger partial charge in [0.1, 0.15) is 0 Å². The lowest BCUT2D eigenvalue weighted by molar-refractivity contribution is 1.28. The smallest absolute Gasteiger partial charge is 0.0462 e. The molecule has 180 valence electrons. The number of anilines is 3. The lowest BCUT2D eigenvalue weighted by Gasteiger charge is -2.26. The summed E-state index contributed by atoms with van der Waals surface area (Å²) < 4.78 is 0. The average molecular weight is 478 g/mol. The molecule has 0 N–H and O–H groups in total. The maximum absolute atomic E-state index is 2.32. The van der Waals surface area contributed by atoms with Crippen molar-refractivity contribution in [2.75, 3.05) is 4.90 Å². The molecule has 1 heteroatoms. The van der Waals surface area contributed by atoms with E-state index in [0.717, 1.165) is 17.1 Å². The van der Waals surface area contributed by atoms with E-state index in [1.54, 1.807) is 0 Å². The van der Waals surface area contributed by atoms with Crippen molar-refractivity contribution in [2.45, 2.75) is 13.8 Å². The second kappa shape index (κ2) is 11.4. The summed E-state index contributed by atoms with van der Waals surface area (Å²) >= 11 is 0. The van der Waals surface area contributed by atoms with Gasteiger partial charge in [-0.1, -0.05) is 115 Å². The highest BCUT2D eigenvalue weighted by Crippen LogP contribution is 2.37. The van der Waals surface area contributed by atoms with Crippen molar-refractivity contribution in [1.82, 2.24) is 0 Å². The molecule has 0 spiro atoms. The van der Waals surface area contributed by atoms with Gasteiger partial charge in [-0.25, -0.2) is 0 Å². The van der Waals surface area contributed by atoms with E-state index in [1.165, 1.54) is 33.4 Å². The Morgan fingerprint density at radius 1 is 0.459 bits per heavy atom. The normalized spacial score (nSPS) is 11.6. The minimum Gasteiger partial charge on any atom is -0.311 e. The van der Waals surface area contributed by atoms with Gasteiger partial charge in [0.05, 0.1) is 0 Å². The first kappa shape index (κ1) is 24.1. The Bertz CT molecular complexity index is 1390. The maximum Gasteiger partial charge on any atom is 0.0462 e. The monoisotopic (exact) mass is 477 g/mol. The summed E-state index contributed by atoms with van der Waals surface area (Å²) in [7, 11) is 0. The third kappa shape index (κ3) is 5.47. The highest BCUT2D eigenvalue weighted by molar-refractivity contribution is 5.81. The van der Waals surface area contributed by atoms with E-state index in [1.807, 2.05) is 0 Å². The van der Waals surface area contributed by atoms with Crippen LogP contribution in [0.5, 0.6) is 0 Å². The van der Waals surface area contributed by atoms with Crippen LogP contribution in [0.1, 0.15) is 19.4 Å². The zero-order valence-corrected chi connectivity index (χ0v) is 21.4. The third-order valence-electron chi connectivity index (χ3n) is 6.58. The Morgan fingerprint density at radius 3 is 1.22 bits per heavy atom. The van der Waals surface area contributed by atoms with Gasteiger partial charge in [-0.2, -0.15) is 0 Å². The fourth-order valence-electron chi connectivity index (χ4n) is 4.66.